The highest BCUT2D eigenvalue weighted by Gasteiger charge is 2.18. The Morgan fingerprint density at radius 2 is 1.61 bits per heavy atom. The highest BCUT2D eigenvalue weighted by atomic mass is 35.5. The second-order valence-electron chi connectivity index (χ2n) is 5.60. The van der Waals surface area contributed by atoms with E-state index < -0.39 is 23.5 Å². The molecule has 1 aromatic heterocycles. The molecule has 3 aromatic rings. The van der Waals surface area contributed by atoms with Gasteiger partial charge in [-0.2, -0.15) is 0 Å². The van der Waals surface area contributed by atoms with Gasteiger partial charge in [0.05, 0.1) is 16.9 Å². The fourth-order valence-corrected chi connectivity index (χ4v) is 2.61. The molecule has 5 N–H and O–H groups in total. The first-order valence-corrected chi connectivity index (χ1v) is 8.24. The Bertz CT molecular complexity index is 1070. The topological polar surface area (TPSA) is 130 Å². The van der Waals surface area contributed by atoms with Crippen molar-refractivity contribution in [2.24, 2.45) is 5.73 Å². The number of aromatic amines is 1. The minimum Gasteiger partial charge on any atom is -0.364 e. The number of primary amides is 1. The third kappa shape index (κ3) is 4.15. The van der Waals surface area contributed by atoms with E-state index >= 15 is 0 Å². The monoisotopic (exact) mass is 401 g/mol. The Balaban J connectivity index is 1.68. The van der Waals surface area contributed by atoms with Crippen LogP contribution in [0.15, 0.2) is 48.8 Å². The van der Waals surface area contributed by atoms with Crippen molar-refractivity contribution in [2.75, 3.05) is 10.6 Å². The molecule has 3 rings (SSSR count). The van der Waals surface area contributed by atoms with Crippen LogP contribution in [0.25, 0.3) is 0 Å². The summed E-state index contributed by atoms with van der Waals surface area (Å²) >= 11 is 5.87. The third-order valence-corrected chi connectivity index (χ3v) is 3.99. The highest BCUT2D eigenvalue weighted by molar-refractivity contribution is 6.34. The molecule has 0 aliphatic carbocycles. The van der Waals surface area contributed by atoms with Crippen molar-refractivity contribution in [1.29, 1.82) is 0 Å². The highest BCUT2D eigenvalue weighted by Crippen LogP contribution is 2.20. The Labute approximate surface area is 162 Å². The number of imidazole rings is 1. The van der Waals surface area contributed by atoms with Crippen LogP contribution in [0.3, 0.4) is 0 Å². The van der Waals surface area contributed by atoms with E-state index in [0.29, 0.717) is 11.4 Å². The van der Waals surface area contributed by atoms with Crippen LogP contribution >= 0.6 is 11.6 Å². The molecule has 0 saturated heterocycles. The lowest BCUT2D eigenvalue weighted by atomic mass is 10.2. The first kappa shape index (κ1) is 19.1. The van der Waals surface area contributed by atoms with Gasteiger partial charge < -0.3 is 21.4 Å². The molecule has 0 aliphatic heterocycles. The maximum atomic E-state index is 13.1. The molecule has 142 valence electrons. The van der Waals surface area contributed by atoms with Gasteiger partial charge in [0.2, 0.25) is 0 Å². The predicted molar refractivity (Wildman–Crippen MR) is 101 cm³/mol. The maximum Gasteiger partial charge on any atom is 0.274 e. The van der Waals surface area contributed by atoms with Crippen LogP contribution in [-0.2, 0) is 0 Å². The molecule has 0 aliphatic rings. The van der Waals surface area contributed by atoms with Crippen molar-refractivity contribution in [2.45, 2.75) is 0 Å². The van der Waals surface area contributed by atoms with Gasteiger partial charge in [0.25, 0.3) is 17.7 Å². The van der Waals surface area contributed by atoms with Gasteiger partial charge in [-0.3, -0.25) is 14.4 Å². The number of H-pyrrole nitrogens is 1. The molecular formula is C18H13ClFN5O3. The van der Waals surface area contributed by atoms with E-state index in [9.17, 15) is 18.8 Å². The number of hydrogen-bond acceptors (Lipinski definition) is 4. The zero-order chi connectivity index (χ0) is 20.3. The van der Waals surface area contributed by atoms with Gasteiger partial charge in [-0.25, -0.2) is 9.37 Å². The fourth-order valence-electron chi connectivity index (χ4n) is 2.36. The molecule has 0 fully saturated rings. The van der Waals surface area contributed by atoms with E-state index in [1.54, 1.807) is 24.3 Å². The van der Waals surface area contributed by atoms with E-state index in [2.05, 4.69) is 20.6 Å². The average molecular weight is 402 g/mol. The molecule has 0 spiro atoms. The number of halogens is 2. The van der Waals surface area contributed by atoms with Gasteiger partial charge in [-0.15, -0.1) is 0 Å². The van der Waals surface area contributed by atoms with Crippen LogP contribution in [0.2, 0.25) is 5.02 Å². The summed E-state index contributed by atoms with van der Waals surface area (Å²) in [6, 6.07) is 9.64. The summed E-state index contributed by atoms with van der Waals surface area (Å²) in [4.78, 5) is 41.9. The third-order valence-electron chi connectivity index (χ3n) is 3.68. The van der Waals surface area contributed by atoms with Crippen molar-refractivity contribution in [1.82, 2.24) is 9.97 Å². The number of nitrogens with zero attached hydrogens (tertiary/aromatic N) is 1. The van der Waals surface area contributed by atoms with E-state index in [1.165, 1.54) is 12.4 Å². The Kier molecular flexibility index (Phi) is 5.37. The number of benzene rings is 2. The first-order valence-electron chi connectivity index (χ1n) is 7.86. The van der Waals surface area contributed by atoms with Gasteiger partial charge >= 0.3 is 0 Å². The number of carbonyl (C=O) groups is 3. The summed E-state index contributed by atoms with van der Waals surface area (Å²) in [5, 5.41) is 5.18. The minimum atomic E-state index is -0.830. The SMILES string of the molecule is NC(=O)c1nc[nH]c1C(=O)Nc1ccc(NC(=O)c2ccc(F)cc2Cl)cc1. The van der Waals surface area contributed by atoms with Crippen molar-refractivity contribution >= 4 is 40.7 Å². The van der Waals surface area contributed by atoms with Crippen LogP contribution in [0.4, 0.5) is 15.8 Å². The second kappa shape index (κ2) is 7.89. The van der Waals surface area contributed by atoms with Crippen molar-refractivity contribution in [3.8, 4) is 0 Å². The molecular weight excluding hydrogens is 389 g/mol. The predicted octanol–water partition coefficient (Wildman–Crippen LogP) is 2.81. The molecule has 8 nitrogen and oxygen atoms in total. The lowest BCUT2D eigenvalue weighted by Crippen LogP contribution is -2.20. The van der Waals surface area contributed by atoms with Crippen LogP contribution in [0.1, 0.15) is 31.3 Å². The summed E-state index contributed by atoms with van der Waals surface area (Å²) < 4.78 is 13.1. The molecule has 0 atom stereocenters. The summed E-state index contributed by atoms with van der Waals surface area (Å²) in [7, 11) is 0. The molecule has 10 heteroatoms. The van der Waals surface area contributed by atoms with Crippen LogP contribution in [0, 0.1) is 5.82 Å². The average Bonchev–Trinajstić information content (AvgIpc) is 3.13. The number of anilines is 2. The minimum absolute atomic E-state index is 0.00815. The van der Waals surface area contributed by atoms with E-state index in [0.717, 1.165) is 12.1 Å². The maximum absolute atomic E-state index is 13.1. The molecule has 28 heavy (non-hydrogen) atoms. The summed E-state index contributed by atoms with van der Waals surface area (Å²) in [6.45, 7) is 0. The lowest BCUT2D eigenvalue weighted by Gasteiger charge is -2.09. The number of carbonyl (C=O) groups excluding carboxylic acids is 3. The fraction of sp³-hybridized carbons (Fsp3) is 0. The molecule has 1 heterocycles. The van der Waals surface area contributed by atoms with E-state index in [1.807, 2.05) is 0 Å². The Hall–Kier alpha value is -3.72. The number of rotatable bonds is 5. The second-order valence-corrected chi connectivity index (χ2v) is 6.01. The van der Waals surface area contributed by atoms with Crippen molar-refractivity contribution in [3.05, 3.63) is 76.6 Å². The van der Waals surface area contributed by atoms with Gasteiger partial charge in [0, 0.05) is 11.4 Å². The normalized spacial score (nSPS) is 10.4. The molecule has 3 amide bonds. The zero-order valence-electron chi connectivity index (χ0n) is 14.1. The van der Waals surface area contributed by atoms with E-state index in [-0.39, 0.29) is 22.0 Å². The Morgan fingerprint density at radius 1 is 1.00 bits per heavy atom. The smallest absolute Gasteiger partial charge is 0.274 e. The van der Waals surface area contributed by atoms with Crippen LogP contribution in [0.5, 0.6) is 0 Å². The van der Waals surface area contributed by atoms with E-state index in [4.69, 9.17) is 17.3 Å². The summed E-state index contributed by atoms with van der Waals surface area (Å²) in [6.07, 6.45) is 1.19. The molecule has 0 unspecified atom stereocenters. The number of nitrogens with two attached hydrogens (primary N) is 1. The first-order chi connectivity index (χ1) is 13.3. The number of aromatic nitrogens is 2. The van der Waals surface area contributed by atoms with Crippen molar-refractivity contribution < 1.29 is 18.8 Å². The molecule has 0 radical (unpaired) electrons. The van der Waals surface area contributed by atoms with Crippen LogP contribution in [-0.4, -0.2) is 27.7 Å². The lowest BCUT2D eigenvalue weighted by molar-refractivity contribution is 0.0972. The van der Waals surface area contributed by atoms with Gasteiger partial charge in [-0.1, -0.05) is 11.6 Å². The summed E-state index contributed by atoms with van der Waals surface area (Å²) in [5.74, 6) is -2.48. The largest absolute Gasteiger partial charge is 0.364 e. The molecule has 2 aromatic carbocycles. The quantitative estimate of drug-likeness (QED) is 0.523. The molecule has 0 saturated carbocycles. The number of hydrogen-bond donors (Lipinski definition) is 4. The van der Waals surface area contributed by atoms with Crippen molar-refractivity contribution in [3.63, 3.8) is 0 Å². The van der Waals surface area contributed by atoms with Gasteiger partial charge in [0.15, 0.2) is 5.69 Å². The summed E-state index contributed by atoms with van der Waals surface area (Å²) in [5.41, 5.74) is 5.89. The molecule has 0 bridgehead atoms. The van der Waals surface area contributed by atoms with Gasteiger partial charge in [0.1, 0.15) is 11.5 Å². The van der Waals surface area contributed by atoms with Crippen LogP contribution < -0.4 is 16.4 Å². The number of amides is 3. The zero-order valence-corrected chi connectivity index (χ0v) is 14.9. The number of nitrogens with one attached hydrogen (secondary N) is 3. The standard InChI is InChI=1S/C18H13ClFN5O3/c19-13-7-9(20)1-6-12(13)17(27)24-10-2-4-11(5-3-10)25-18(28)15-14(16(21)26)22-8-23-15/h1-8H,(H2,21,26)(H,22,23)(H,24,27)(H,25,28). The van der Waals surface area contributed by atoms with Gasteiger partial charge in [-0.05, 0) is 42.5 Å². The Morgan fingerprint density at radius 3 is 2.18 bits per heavy atom.